The fourth-order valence-electron chi connectivity index (χ4n) is 2.13. The SMILES string of the molecule is COc1cc(C)n(CCNC(=O)c2ccccc2F)c(=O)c1. The maximum atomic E-state index is 13.5. The molecule has 1 amide bonds. The first-order chi connectivity index (χ1) is 10.5. The van der Waals surface area contributed by atoms with Crippen molar-refractivity contribution in [3.05, 3.63) is 63.8 Å². The Balaban J connectivity index is 2.02. The maximum absolute atomic E-state index is 13.5. The molecule has 0 saturated carbocycles. The topological polar surface area (TPSA) is 60.3 Å². The van der Waals surface area contributed by atoms with Gasteiger partial charge >= 0.3 is 0 Å². The number of hydrogen-bond acceptors (Lipinski definition) is 3. The summed E-state index contributed by atoms with van der Waals surface area (Å²) < 4.78 is 20.0. The van der Waals surface area contributed by atoms with Crippen LogP contribution in [0.2, 0.25) is 0 Å². The predicted molar refractivity (Wildman–Crippen MR) is 80.7 cm³/mol. The Morgan fingerprint density at radius 2 is 2.05 bits per heavy atom. The van der Waals surface area contributed by atoms with Crippen LogP contribution in [0, 0.1) is 12.7 Å². The van der Waals surface area contributed by atoms with E-state index < -0.39 is 11.7 Å². The molecule has 2 rings (SSSR count). The van der Waals surface area contributed by atoms with Gasteiger partial charge in [0.15, 0.2) is 0 Å². The van der Waals surface area contributed by atoms with Crippen LogP contribution in [0.4, 0.5) is 4.39 Å². The minimum atomic E-state index is -0.571. The number of pyridine rings is 1. The number of ether oxygens (including phenoxy) is 1. The van der Waals surface area contributed by atoms with E-state index in [-0.39, 0.29) is 17.7 Å². The Hall–Kier alpha value is -2.63. The largest absolute Gasteiger partial charge is 0.496 e. The van der Waals surface area contributed by atoms with Crippen molar-refractivity contribution >= 4 is 5.91 Å². The van der Waals surface area contributed by atoms with Crippen LogP contribution >= 0.6 is 0 Å². The number of rotatable bonds is 5. The minimum absolute atomic E-state index is 0.0127. The average Bonchev–Trinajstić information content (AvgIpc) is 2.50. The Bertz CT molecular complexity index is 740. The number of halogens is 1. The molecule has 6 heteroatoms. The summed E-state index contributed by atoms with van der Waals surface area (Å²) in [4.78, 5) is 23.8. The van der Waals surface area contributed by atoms with Gasteiger partial charge in [-0.1, -0.05) is 12.1 Å². The molecule has 5 nitrogen and oxygen atoms in total. The van der Waals surface area contributed by atoms with Crippen molar-refractivity contribution < 1.29 is 13.9 Å². The molecule has 2 aromatic rings. The van der Waals surface area contributed by atoms with Crippen LogP contribution in [-0.4, -0.2) is 24.1 Å². The summed E-state index contributed by atoms with van der Waals surface area (Å²) in [6.45, 7) is 2.30. The van der Waals surface area contributed by atoms with Gasteiger partial charge in [-0.15, -0.1) is 0 Å². The lowest BCUT2D eigenvalue weighted by Crippen LogP contribution is -2.32. The second-order valence-electron chi connectivity index (χ2n) is 4.76. The van der Waals surface area contributed by atoms with Gasteiger partial charge in [-0.2, -0.15) is 0 Å². The lowest BCUT2D eigenvalue weighted by atomic mass is 10.2. The third-order valence-corrected chi connectivity index (χ3v) is 3.28. The summed E-state index contributed by atoms with van der Waals surface area (Å²) in [5.41, 5.74) is 0.503. The van der Waals surface area contributed by atoms with E-state index in [0.717, 1.165) is 5.69 Å². The van der Waals surface area contributed by atoms with Crippen LogP contribution in [0.5, 0.6) is 5.75 Å². The molecule has 22 heavy (non-hydrogen) atoms. The molecule has 116 valence electrons. The number of benzene rings is 1. The van der Waals surface area contributed by atoms with Crippen molar-refractivity contribution in [2.75, 3.05) is 13.7 Å². The van der Waals surface area contributed by atoms with E-state index >= 15 is 0 Å². The number of methoxy groups -OCH3 is 1. The van der Waals surface area contributed by atoms with Crippen molar-refractivity contribution in [2.24, 2.45) is 0 Å². The fourth-order valence-corrected chi connectivity index (χ4v) is 2.13. The van der Waals surface area contributed by atoms with Crippen LogP contribution in [0.25, 0.3) is 0 Å². The molecule has 0 atom stereocenters. The molecule has 0 aliphatic heterocycles. The van der Waals surface area contributed by atoms with Gasteiger partial charge in [0.2, 0.25) is 0 Å². The van der Waals surface area contributed by atoms with Gasteiger partial charge in [-0.3, -0.25) is 9.59 Å². The monoisotopic (exact) mass is 304 g/mol. The van der Waals surface area contributed by atoms with Crippen molar-refractivity contribution in [1.82, 2.24) is 9.88 Å². The highest BCUT2D eigenvalue weighted by Crippen LogP contribution is 2.09. The highest BCUT2D eigenvalue weighted by molar-refractivity contribution is 5.94. The minimum Gasteiger partial charge on any atom is -0.496 e. The molecular formula is C16H17FN2O3. The molecule has 0 spiro atoms. The fraction of sp³-hybridized carbons (Fsp3) is 0.250. The number of carbonyl (C=O) groups excluding carboxylic acids is 1. The Morgan fingerprint density at radius 1 is 1.32 bits per heavy atom. The summed E-state index contributed by atoms with van der Waals surface area (Å²) in [7, 11) is 1.49. The van der Waals surface area contributed by atoms with Gasteiger partial charge in [0.1, 0.15) is 11.6 Å². The number of amides is 1. The molecule has 1 N–H and O–H groups in total. The number of hydrogen-bond donors (Lipinski definition) is 1. The van der Waals surface area contributed by atoms with E-state index in [2.05, 4.69) is 5.32 Å². The van der Waals surface area contributed by atoms with E-state index in [4.69, 9.17) is 4.74 Å². The number of carbonyl (C=O) groups is 1. The summed E-state index contributed by atoms with van der Waals surface area (Å²) in [6, 6.07) is 8.87. The van der Waals surface area contributed by atoms with E-state index in [0.29, 0.717) is 12.3 Å². The van der Waals surface area contributed by atoms with Crippen LogP contribution in [0.3, 0.4) is 0 Å². The molecule has 0 aliphatic rings. The third-order valence-electron chi connectivity index (χ3n) is 3.28. The quantitative estimate of drug-likeness (QED) is 0.915. The van der Waals surface area contributed by atoms with Crippen molar-refractivity contribution in [2.45, 2.75) is 13.5 Å². The van der Waals surface area contributed by atoms with Gasteiger partial charge in [-0.25, -0.2) is 4.39 Å². The molecule has 1 heterocycles. The molecule has 0 bridgehead atoms. The lowest BCUT2D eigenvalue weighted by molar-refractivity contribution is 0.0948. The molecule has 1 aromatic heterocycles. The first kappa shape index (κ1) is 15.8. The lowest BCUT2D eigenvalue weighted by Gasteiger charge is -2.12. The van der Waals surface area contributed by atoms with Gasteiger partial charge in [0, 0.05) is 24.8 Å². The van der Waals surface area contributed by atoms with Gasteiger partial charge < -0.3 is 14.6 Å². The van der Waals surface area contributed by atoms with E-state index in [1.54, 1.807) is 19.1 Å². The number of nitrogens with one attached hydrogen (secondary N) is 1. The highest BCUT2D eigenvalue weighted by atomic mass is 19.1. The molecule has 1 aromatic carbocycles. The Labute approximate surface area is 127 Å². The second kappa shape index (κ2) is 6.89. The molecular weight excluding hydrogens is 287 g/mol. The number of aryl methyl sites for hydroxylation is 1. The zero-order valence-electron chi connectivity index (χ0n) is 12.4. The van der Waals surface area contributed by atoms with Crippen molar-refractivity contribution in [3.8, 4) is 5.75 Å². The standard InChI is InChI=1S/C16H17FN2O3/c1-11-9-12(22-2)10-15(20)19(11)8-7-18-16(21)13-5-3-4-6-14(13)17/h3-6,9-10H,7-8H2,1-2H3,(H,18,21). The van der Waals surface area contributed by atoms with E-state index in [9.17, 15) is 14.0 Å². The summed E-state index contributed by atoms with van der Waals surface area (Å²) in [5.74, 6) is -0.579. The molecule has 0 fully saturated rings. The molecule has 0 aliphatic carbocycles. The Morgan fingerprint density at radius 3 is 2.68 bits per heavy atom. The first-order valence-corrected chi connectivity index (χ1v) is 6.81. The van der Waals surface area contributed by atoms with Crippen LogP contribution in [0.1, 0.15) is 16.1 Å². The third kappa shape index (κ3) is 3.52. The van der Waals surface area contributed by atoms with Gasteiger partial charge in [0.25, 0.3) is 11.5 Å². The summed E-state index contributed by atoms with van der Waals surface area (Å²) >= 11 is 0. The number of aromatic nitrogens is 1. The first-order valence-electron chi connectivity index (χ1n) is 6.81. The van der Waals surface area contributed by atoms with E-state index in [1.165, 1.54) is 35.9 Å². The molecule has 0 saturated heterocycles. The van der Waals surface area contributed by atoms with Crippen LogP contribution in [0.15, 0.2) is 41.2 Å². The normalized spacial score (nSPS) is 10.3. The Kier molecular flexibility index (Phi) is 4.93. The smallest absolute Gasteiger partial charge is 0.254 e. The zero-order chi connectivity index (χ0) is 16.1. The van der Waals surface area contributed by atoms with Crippen LogP contribution in [-0.2, 0) is 6.54 Å². The van der Waals surface area contributed by atoms with Gasteiger partial charge in [0.05, 0.1) is 12.7 Å². The van der Waals surface area contributed by atoms with Crippen molar-refractivity contribution in [3.63, 3.8) is 0 Å². The van der Waals surface area contributed by atoms with Crippen LogP contribution < -0.4 is 15.6 Å². The predicted octanol–water partition coefficient (Wildman–Crippen LogP) is 1.73. The summed E-state index contributed by atoms with van der Waals surface area (Å²) in [6.07, 6.45) is 0. The van der Waals surface area contributed by atoms with E-state index in [1.807, 2.05) is 0 Å². The van der Waals surface area contributed by atoms with Gasteiger partial charge in [-0.05, 0) is 25.1 Å². The maximum Gasteiger partial charge on any atom is 0.254 e. The zero-order valence-corrected chi connectivity index (χ0v) is 12.4. The second-order valence-corrected chi connectivity index (χ2v) is 4.76. The number of nitrogens with zero attached hydrogens (tertiary/aromatic N) is 1. The summed E-state index contributed by atoms with van der Waals surface area (Å²) in [5, 5.41) is 2.60. The average molecular weight is 304 g/mol. The van der Waals surface area contributed by atoms with Crippen molar-refractivity contribution in [1.29, 1.82) is 0 Å². The molecule has 0 radical (unpaired) electrons. The highest BCUT2D eigenvalue weighted by Gasteiger charge is 2.10. The molecule has 0 unspecified atom stereocenters.